The van der Waals surface area contributed by atoms with Gasteiger partial charge in [0.25, 0.3) is 11.8 Å². The smallest absolute Gasteiger partial charge is 0.262 e. The zero-order chi connectivity index (χ0) is 25.1. The maximum absolute atomic E-state index is 13.3. The van der Waals surface area contributed by atoms with Crippen molar-refractivity contribution in [2.24, 2.45) is 5.92 Å². The van der Waals surface area contributed by atoms with E-state index in [1.165, 1.54) is 5.56 Å². The van der Waals surface area contributed by atoms with Gasteiger partial charge in [0.1, 0.15) is 5.75 Å². The SMILES string of the molecule is COc1ccc([C@@H](c2ccncc2)C2CCN(C(=O)c3ccc4c(c3)NC(=O)CO4)CC2)cc1OC. The Balaban J connectivity index is 1.35. The average molecular weight is 488 g/mol. The van der Waals surface area contributed by atoms with E-state index < -0.39 is 0 Å². The van der Waals surface area contributed by atoms with Gasteiger partial charge in [-0.05, 0) is 72.4 Å². The number of piperidine rings is 1. The molecular weight excluding hydrogens is 458 g/mol. The maximum Gasteiger partial charge on any atom is 0.262 e. The molecule has 5 rings (SSSR count). The first-order valence-electron chi connectivity index (χ1n) is 12.0. The van der Waals surface area contributed by atoms with Gasteiger partial charge in [0, 0.05) is 37.0 Å². The Morgan fingerprint density at radius 3 is 2.47 bits per heavy atom. The number of hydrogen-bond donors (Lipinski definition) is 1. The molecule has 3 heterocycles. The Morgan fingerprint density at radius 2 is 1.75 bits per heavy atom. The van der Waals surface area contributed by atoms with Gasteiger partial charge < -0.3 is 24.4 Å². The third-order valence-corrected chi connectivity index (χ3v) is 6.99. The second-order valence-corrected chi connectivity index (χ2v) is 9.05. The molecular formula is C28H29N3O5. The Hall–Kier alpha value is -4.07. The van der Waals surface area contributed by atoms with Gasteiger partial charge >= 0.3 is 0 Å². The summed E-state index contributed by atoms with van der Waals surface area (Å²) in [5.74, 6) is 2.20. The molecule has 0 aliphatic carbocycles. The molecule has 1 saturated heterocycles. The lowest BCUT2D eigenvalue weighted by molar-refractivity contribution is -0.118. The molecule has 1 atom stereocenters. The fraction of sp³-hybridized carbons (Fsp3) is 0.321. The number of carbonyl (C=O) groups is 2. The summed E-state index contributed by atoms with van der Waals surface area (Å²) in [5.41, 5.74) is 3.42. The van der Waals surface area contributed by atoms with Crippen molar-refractivity contribution in [3.05, 3.63) is 77.6 Å². The monoisotopic (exact) mass is 487 g/mol. The van der Waals surface area contributed by atoms with Gasteiger partial charge in [-0.1, -0.05) is 6.07 Å². The van der Waals surface area contributed by atoms with Gasteiger partial charge in [0.2, 0.25) is 0 Å². The molecule has 0 spiro atoms. The number of anilines is 1. The summed E-state index contributed by atoms with van der Waals surface area (Å²) >= 11 is 0. The predicted molar refractivity (Wildman–Crippen MR) is 135 cm³/mol. The average Bonchev–Trinajstić information content (AvgIpc) is 2.93. The Bertz CT molecular complexity index is 1260. The number of carbonyl (C=O) groups excluding carboxylic acids is 2. The molecule has 2 aliphatic heterocycles. The Labute approximate surface area is 210 Å². The van der Waals surface area contributed by atoms with E-state index in [0.717, 1.165) is 18.4 Å². The molecule has 2 aliphatic rings. The fourth-order valence-electron chi connectivity index (χ4n) is 5.19. The van der Waals surface area contributed by atoms with E-state index in [4.69, 9.17) is 14.2 Å². The molecule has 36 heavy (non-hydrogen) atoms. The van der Waals surface area contributed by atoms with E-state index in [1.54, 1.807) is 32.4 Å². The van der Waals surface area contributed by atoms with Gasteiger partial charge in [-0.25, -0.2) is 0 Å². The standard InChI is InChI=1S/C28H29N3O5/c1-34-24-6-3-20(16-25(24)35-2)27(18-7-11-29-12-8-18)19-9-13-31(14-10-19)28(33)21-4-5-23-22(15-21)30-26(32)17-36-23/h3-8,11-12,15-16,19,27H,9-10,13-14,17H2,1-2H3,(H,30,32)/t27-/m0/s1. The predicted octanol–water partition coefficient (Wildman–Crippen LogP) is 4.11. The van der Waals surface area contributed by atoms with Crippen LogP contribution in [0.5, 0.6) is 17.2 Å². The first-order valence-corrected chi connectivity index (χ1v) is 12.0. The number of benzene rings is 2. The molecule has 1 fully saturated rings. The Morgan fingerprint density at radius 1 is 1.00 bits per heavy atom. The van der Waals surface area contributed by atoms with Crippen molar-refractivity contribution in [2.75, 3.05) is 39.2 Å². The Kier molecular flexibility index (Phi) is 6.75. The van der Waals surface area contributed by atoms with Crippen molar-refractivity contribution in [3.8, 4) is 17.2 Å². The van der Waals surface area contributed by atoms with E-state index in [9.17, 15) is 9.59 Å². The van der Waals surface area contributed by atoms with Gasteiger partial charge in [-0.2, -0.15) is 0 Å². The van der Waals surface area contributed by atoms with Gasteiger partial charge in [0.05, 0.1) is 19.9 Å². The van der Waals surface area contributed by atoms with Crippen LogP contribution in [0, 0.1) is 5.92 Å². The van der Waals surface area contributed by atoms with Crippen molar-refractivity contribution in [2.45, 2.75) is 18.8 Å². The van der Waals surface area contributed by atoms with Crippen molar-refractivity contribution in [1.82, 2.24) is 9.88 Å². The third kappa shape index (κ3) is 4.71. The van der Waals surface area contributed by atoms with E-state index in [0.29, 0.717) is 47.5 Å². The van der Waals surface area contributed by atoms with Crippen LogP contribution in [0.1, 0.15) is 40.2 Å². The van der Waals surface area contributed by atoms with Gasteiger partial charge in [-0.15, -0.1) is 0 Å². The summed E-state index contributed by atoms with van der Waals surface area (Å²) in [7, 11) is 3.28. The van der Waals surface area contributed by atoms with Crippen LogP contribution in [0.3, 0.4) is 0 Å². The van der Waals surface area contributed by atoms with E-state index in [2.05, 4.69) is 28.5 Å². The molecule has 0 bridgehead atoms. The van der Waals surface area contributed by atoms with Crippen LogP contribution < -0.4 is 19.5 Å². The van der Waals surface area contributed by atoms with E-state index in [1.807, 2.05) is 29.4 Å². The number of likely N-dealkylation sites (tertiary alicyclic amines) is 1. The van der Waals surface area contributed by atoms with Crippen molar-refractivity contribution in [3.63, 3.8) is 0 Å². The highest BCUT2D eigenvalue weighted by molar-refractivity contribution is 5.99. The number of methoxy groups -OCH3 is 2. The third-order valence-electron chi connectivity index (χ3n) is 6.99. The molecule has 8 heteroatoms. The lowest BCUT2D eigenvalue weighted by Crippen LogP contribution is -2.40. The molecule has 8 nitrogen and oxygen atoms in total. The molecule has 186 valence electrons. The van der Waals surface area contributed by atoms with Crippen LogP contribution in [-0.2, 0) is 4.79 Å². The number of nitrogens with one attached hydrogen (secondary N) is 1. The molecule has 1 aromatic heterocycles. The quantitative estimate of drug-likeness (QED) is 0.563. The van der Waals surface area contributed by atoms with Crippen molar-refractivity contribution in [1.29, 1.82) is 0 Å². The van der Waals surface area contributed by atoms with Crippen LogP contribution in [0.15, 0.2) is 60.9 Å². The molecule has 2 aromatic carbocycles. The highest BCUT2D eigenvalue weighted by Gasteiger charge is 2.32. The zero-order valence-corrected chi connectivity index (χ0v) is 20.4. The van der Waals surface area contributed by atoms with Crippen LogP contribution in [0.25, 0.3) is 0 Å². The zero-order valence-electron chi connectivity index (χ0n) is 20.4. The number of fused-ring (bicyclic) bond motifs is 1. The largest absolute Gasteiger partial charge is 0.493 e. The van der Waals surface area contributed by atoms with Gasteiger partial charge in [0.15, 0.2) is 18.1 Å². The van der Waals surface area contributed by atoms with Crippen LogP contribution in [-0.4, -0.2) is 55.6 Å². The second kappa shape index (κ2) is 10.3. The highest BCUT2D eigenvalue weighted by atomic mass is 16.5. The topological polar surface area (TPSA) is 90.0 Å². The van der Waals surface area contributed by atoms with Crippen LogP contribution in [0.4, 0.5) is 5.69 Å². The number of nitrogens with zero attached hydrogens (tertiary/aromatic N) is 2. The highest BCUT2D eigenvalue weighted by Crippen LogP contribution is 2.41. The second-order valence-electron chi connectivity index (χ2n) is 9.05. The molecule has 0 saturated carbocycles. The summed E-state index contributed by atoms with van der Waals surface area (Å²) in [4.78, 5) is 31.0. The minimum absolute atomic E-state index is 0.00742. The fourth-order valence-corrected chi connectivity index (χ4v) is 5.19. The molecule has 3 aromatic rings. The summed E-state index contributed by atoms with van der Waals surface area (Å²) in [5, 5.41) is 2.77. The van der Waals surface area contributed by atoms with E-state index in [-0.39, 0.29) is 24.3 Å². The number of aromatic nitrogens is 1. The molecule has 0 radical (unpaired) electrons. The minimum Gasteiger partial charge on any atom is -0.493 e. The summed E-state index contributed by atoms with van der Waals surface area (Å²) in [6.07, 6.45) is 5.36. The first kappa shape index (κ1) is 23.7. The number of hydrogen-bond acceptors (Lipinski definition) is 6. The van der Waals surface area contributed by atoms with Crippen LogP contribution in [0.2, 0.25) is 0 Å². The first-order chi connectivity index (χ1) is 17.6. The van der Waals surface area contributed by atoms with Crippen molar-refractivity contribution < 1.29 is 23.8 Å². The molecule has 2 amide bonds. The normalized spacial score (nSPS) is 16.4. The number of rotatable bonds is 6. The minimum atomic E-state index is -0.217. The van der Waals surface area contributed by atoms with Crippen LogP contribution >= 0.6 is 0 Å². The summed E-state index contributed by atoms with van der Waals surface area (Å²) in [6.45, 7) is 1.29. The van der Waals surface area contributed by atoms with Crippen molar-refractivity contribution >= 4 is 17.5 Å². The lowest BCUT2D eigenvalue weighted by atomic mass is 9.76. The number of ether oxygens (including phenoxy) is 3. The lowest BCUT2D eigenvalue weighted by Gasteiger charge is -2.37. The summed E-state index contributed by atoms with van der Waals surface area (Å²) in [6, 6.07) is 15.4. The van der Waals surface area contributed by atoms with E-state index >= 15 is 0 Å². The number of amides is 2. The van der Waals surface area contributed by atoms with Gasteiger partial charge in [-0.3, -0.25) is 14.6 Å². The molecule has 1 N–H and O–H groups in total. The molecule has 0 unspecified atom stereocenters. The number of pyridine rings is 1. The summed E-state index contributed by atoms with van der Waals surface area (Å²) < 4.78 is 16.4. The maximum atomic E-state index is 13.3.